The number of hydrogen-bond donors (Lipinski definition) is 0. The number of urea groups is 1. The molecule has 1 aliphatic rings. The van der Waals surface area contributed by atoms with E-state index in [1.54, 1.807) is 13.8 Å². The molecular weight excluding hydrogens is 270 g/mol. The number of hydrogen-bond acceptors (Lipinski definition) is 4. The molecule has 4 amide bonds. The monoisotopic (exact) mass is 287 g/mol. The number of imide groups is 2. The highest BCUT2D eigenvalue weighted by Gasteiger charge is 2.43. The fourth-order valence-corrected chi connectivity index (χ4v) is 1.94. The van der Waals surface area contributed by atoms with Crippen LogP contribution in [0.25, 0.3) is 0 Å². The number of aliphatic imine (C=N–C) groups is 1. The fraction of sp³-hybridized carbons (Fsp3) is 0.667. The molecule has 0 aromatic carbocycles. The smallest absolute Gasteiger partial charge is 0.296 e. The summed E-state index contributed by atoms with van der Waals surface area (Å²) < 4.78 is 0. The number of halogens is 1. The summed E-state index contributed by atoms with van der Waals surface area (Å²) in [5, 5.41) is 0. The molecule has 0 unspecified atom stereocenters. The minimum absolute atomic E-state index is 0.244. The van der Waals surface area contributed by atoms with Crippen molar-refractivity contribution in [2.24, 2.45) is 10.9 Å². The molecule has 0 saturated carbocycles. The predicted molar refractivity (Wildman–Crippen MR) is 72.4 cm³/mol. The molecule has 7 heteroatoms. The number of amides is 4. The van der Waals surface area contributed by atoms with E-state index < -0.39 is 23.8 Å². The average Bonchev–Trinajstić information content (AvgIpc) is 2.39. The molecule has 0 N–H and O–H groups in total. The van der Waals surface area contributed by atoms with Crippen LogP contribution in [0.15, 0.2) is 4.99 Å². The maximum atomic E-state index is 12.0. The number of nitrogens with zero attached hydrogens (tertiary/aromatic N) is 3. The number of carbonyl (C=O) groups is 3. The lowest BCUT2D eigenvalue weighted by Gasteiger charge is -2.34. The number of rotatable bonds is 6. The maximum absolute atomic E-state index is 12.0. The summed E-state index contributed by atoms with van der Waals surface area (Å²) in [5.74, 6) is -1.52. The Morgan fingerprint density at radius 1 is 1.16 bits per heavy atom. The first-order valence-electron chi connectivity index (χ1n) is 6.31. The van der Waals surface area contributed by atoms with Gasteiger partial charge in [0.1, 0.15) is 0 Å². The molecule has 1 saturated heterocycles. The zero-order valence-electron chi connectivity index (χ0n) is 11.1. The Kier molecular flexibility index (Phi) is 5.95. The molecule has 0 bridgehead atoms. The minimum atomic E-state index is -0.993. The summed E-state index contributed by atoms with van der Waals surface area (Å²) in [5.41, 5.74) is 0. The van der Waals surface area contributed by atoms with Gasteiger partial charge in [-0.25, -0.2) is 4.79 Å². The van der Waals surface area contributed by atoms with Crippen LogP contribution >= 0.6 is 11.6 Å². The second-order valence-corrected chi connectivity index (χ2v) is 4.40. The summed E-state index contributed by atoms with van der Waals surface area (Å²) in [6.07, 6.45) is 2.01. The molecule has 1 aliphatic heterocycles. The van der Waals surface area contributed by atoms with Crippen molar-refractivity contribution in [3.63, 3.8) is 0 Å². The van der Waals surface area contributed by atoms with Gasteiger partial charge in [0.15, 0.2) is 5.92 Å². The Hall–Kier alpha value is -1.43. The normalized spacial score (nSPS) is 17.9. The third-order valence-electron chi connectivity index (χ3n) is 2.83. The standard InChI is InChI=1S/C12H18ClN3O3/c1-3-15-10(17)9(8-14-7-5-6-13)11(18)16(4-2)12(15)19/h8-9H,3-7H2,1-2H3. The van der Waals surface area contributed by atoms with Crippen LogP contribution in [0.5, 0.6) is 0 Å². The van der Waals surface area contributed by atoms with Crippen LogP contribution in [0.3, 0.4) is 0 Å². The Labute approximate surface area is 117 Å². The van der Waals surface area contributed by atoms with E-state index in [2.05, 4.69) is 4.99 Å². The van der Waals surface area contributed by atoms with Crippen molar-refractivity contribution in [1.82, 2.24) is 9.80 Å². The van der Waals surface area contributed by atoms with Crippen LogP contribution < -0.4 is 0 Å². The Morgan fingerprint density at radius 3 is 2.11 bits per heavy atom. The van der Waals surface area contributed by atoms with Crippen molar-refractivity contribution >= 4 is 35.7 Å². The topological polar surface area (TPSA) is 70.1 Å². The summed E-state index contributed by atoms with van der Waals surface area (Å²) in [6.45, 7) is 4.34. The second kappa shape index (κ2) is 7.23. The summed E-state index contributed by atoms with van der Waals surface area (Å²) in [4.78, 5) is 42.1. The van der Waals surface area contributed by atoms with Gasteiger partial charge in [-0.05, 0) is 20.3 Å². The molecule has 1 heterocycles. The highest BCUT2D eigenvalue weighted by atomic mass is 35.5. The lowest BCUT2D eigenvalue weighted by Crippen LogP contribution is -2.59. The molecule has 1 fully saturated rings. The lowest BCUT2D eigenvalue weighted by atomic mass is 10.1. The van der Waals surface area contributed by atoms with Crippen LogP contribution in [-0.4, -0.2) is 59.4 Å². The molecule has 0 radical (unpaired) electrons. The van der Waals surface area contributed by atoms with Crippen molar-refractivity contribution in [2.45, 2.75) is 20.3 Å². The first kappa shape index (κ1) is 15.6. The summed E-state index contributed by atoms with van der Waals surface area (Å²) in [7, 11) is 0. The van der Waals surface area contributed by atoms with Gasteiger partial charge in [-0.3, -0.25) is 24.4 Å². The van der Waals surface area contributed by atoms with Crippen molar-refractivity contribution in [3.8, 4) is 0 Å². The number of alkyl halides is 1. The van der Waals surface area contributed by atoms with E-state index in [-0.39, 0.29) is 13.1 Å². The largest absolute Gasteiger partial charge is 0.333 e. The Bertz CT molecular complexity index is 372. The van der Waals surface area contributed by atoms with Gasteiger partial charge >= 0.3 is 6.03 Å². The maximum Gasteiger partial charge on any atom is 0.333 e. The van der Waals surface area contributed by atoms with E-state index in [4.69, 9.17) is 11.6 Å². The SMILES string of the molecule is CCN1C(=O)C(C=NCCCCl)C(=O)N(CC)C1=O. The van der Waals surface area contributed by atoms with E-state index >= 15 is 0 Å². The van der Waals surface area contributed by atoms with Crippen LogP contribution in [0.2, 0.25) is 0 Å². The second-order valence-electron chi connectivity index (χ2n) is 4.02. The Morgan fingerprint density at radius 2 is 1.68 bits per heavy atom. The van der Waals surface area contributed by atoms with Crippen LogP contribution in [-0.2, 0) is 9.59 Å². The van der Waals surface area contributed by atoms with E-state index in [9.17, 15) is 14.4 Å². The third-order valence-corrected chi connectivity index (χ3v) is 3.10. The molecule has 19 heavy (non-hydrogen) atoms. The van der Waals surface area contributed by atoms with Gasteiger partial charge in [0.25, 0.3) is 0 Å². The quantitative estimate of drug-likeness (QED) is 0.318. The van der Waals surface area contributed by atoms with Gasteiger partial charge in [-0.1, -0.05) is 0 Å². The molecule has 0 aromatic heterocycles. The van der Waals surface area contributed by atoms with Crippen LogP contribution in [0.4, 0.5) is 4.79 Å². The Balaban J connectivity index is 2.89. The first-order chi connectivity index (χ1) is 9.08. The summed E-state index contributed by atoms with van der Waals surface area (Å²) >= 11 is 5.52. The summed E-state index contributed by atoms with van der Waals surface area (Å²) in [6, 6.07) is -0.551. The highest BCUT2D eigenvalue weighted by Crippen LogP contribution is 2.16. The van der Waals surface area contributed by atoms with Gasteiger partial charge in [0, 0.05) is 31.7 Å². The fourth-order valence-electron chi connectivity index (χ4n) is 1.82. The first-order valence-corrected chi connectivity index (χ1v) is 6.84. The molecular formula is C12H18ClN3O3. The van der Waals surface area contributed by atoms with Crippen molar-refractivity contribution in [2.75, 3.05) is 25.5 Å². The van der Waals surface area contributed by atoms with E-state index in [1.165, 1.54) is 6.21 Å². The molecule has 106 valence electrons. The molecule has 0 aliphatic carbocycles. The average molecular weight is 288 g/mol. The predicted octanol–water partition coefficient (Wildman–Crippen LogP) is 1.13. The highest BCUT2D eigenvalue weighted by molar-refractivity contribution is 6.23. The van der Waals surface area contributed by atoms with E-state index in [0.29, 0.717) is 18.8 Å². The third kappa shape index (κ3) is 3.32. The van der Waals surface area contributed by atoms with E-state index in [0.717, 1.165) is 9.80 Å². The zero-order valence-corrected chi connectivity index (χ0v) is 11.9. The van der Waals surface area contributed by atoms with Gasteiger partial charge in [0.2, 0.25) is 11.8 Å². The van der Waals surface area contributed by atoms with E-state index in [1.807, 2.05) is 0 Å². The van der Waals surface area contributed by atoms with Gasteiger partial charge in [-0.15, -0.1) is 11.6 Å². The molecule has 0 spiro atoms. The lowest BCUT2D eigenvalue weighted by molar-refractivity contribution is -0.145. The van der Waals surface area contributed by atoms with Crippen LogP contribution in [0.1, 0.15) is 20.3 Å². The van der Waals surface area contributed by atoms with Crippen LogP contribution in [0, 0.1) is 5.92 Å². The van der Waals surface area contributed by atoms with Crippen molar-refractivity contribution < 1.29 is 14.4 Å². The van der Waals surface area contributed by atoms with Gasteiger partial charge in [-0.2, -0.15) is 0 Å². The van der Waals surface area contributed by atoms with Crippen molar-refractivity contribution in [1.29, 1.82) is 0 Å². The molecule has 6 nitrogen and oxygen atoms in total. The molecule has 0 aromatic rings. The zero-order chi connectivity index (χ0) is 14.4. The van der Waals surface area contributed by atoms with Gasteiger partial charge in [0.05, 0.1) is 0 Å². The van der Waals surface area contributed by atoms with Crippen molar-refractivity contribution in [3.05, 3.63) is 0 Å². The molecule has 0 atom stereocenters. The number of barbiturate groups is 1. The molecule has 1 rings (SSSR count). The van der Waals surface area contributed by atoms with Gasteiger partial charge < -0.3 is 0 Å². The minimum Gasteiger partial charge on any atom is -0.296 e. The number of carbonyl (C=O) groups excluding carboxylic acids is 3.